The zero-order chi connectivity index (χ0) is 13.3. The summed E-state index contributed by atoms with van der Waals surface area (Å²) in [5, 5.41) is 1.83. The van der Waals surface area contributed by atoms with Crippen LogP contribution in [0, 0.1) is 0 Å². The minimum atomic E-state index is -0.133. The molecule has 0 spiro atoms. The molecule has 1 aliphatic heterocycles. The number of amides is 1. The Kier molecular flexibility index (Phi) is 3.63. The highest BCUT2D eigenvalue weighted by molar-refractivity contribution is 7.80. The van der Waals surface area contributed by atoms with Gasteiger partial charge in [0.15, 0.2) is 6.61 Å². The second-order valence-corrected chi connectivity index (χ2v) is 4.86. The summed E-state index contributed by atoms with van der Waals surface area (Å²) in [6, 6.07) is 7.81. The summed E-state index contributed by atoms with van der Waals surface area (Å²) in [4.78, 5) is 18.7. The molecular weight excluding hydrogens is 248 g/mol. The number of rotatable bonds is 2. The van der Waals surface area contributed by atoms with Crippen molar-refractivity contribution < 1.29 is 9.63 Å². The van der Waals surface area contributed by atoms with Crippen molar-refractivity contribution >= 4 is 28.9 Å². The molecule has 0 aliphatic carbocycles. The summed E-state index contributed by atoms with van der Waals surface area (Å²) in [6.45, 7) is 4.20. The van der Waals surface area contributed by atoms with Crippen molar-refractivity contribution in [2.45, 2.75) is 19.8 Å². The van der Waals surface area contributed by atoms with Crippen LogP contribution in [0.4, 0.5) is 5.69 Å². The molecule has 1 aromatic carbocycles. The van der Waals surface area contributed by atoms with Crippen LogP contribution in [0.2, 0.25) is 0 Å². The van der Waals surface area contributed by atoms with Crippen molar-refractivity contribution in [1.82, 2.24) is 5.06 Å². The molecule has 0 aromatic heterocycles. The number of thiocarbonyl (C=S) groups is 1. The van der Waals surface area contributed by atoms with Gasteiger partial charge in [0.05, 0.1) is 5.69 Å². The zero-order valence-corrected chi connectivity index (χ0v) is 11.5. The van der Waals surface area contributed by atoms with Crippen molar-refractivity contribution in [2.24, 2.45) is 0 Å². The third-order valence-corrected chi connectivity index (χ3v) is 3.33. The molecule has 0 unspecified atom stereocenters. The Morgan fingerprint density at radius 2 is 2.00 bits per heavy atom. The average molecular weight is 264 g/mol. The molecule has 2 rings (SSSR count). The average Bonchev–Trinajstić information content (AvgIpc) is 2.35. The third kappa shape index (κ3) is 2.23. The zero-order valence-electron chi connectivity index (χ0n) is 10.7. The van der Waals surface area contributed by atoms with Crippen molar-refractivity contribution in [3.05, 3.63) is 29.8 Å². The van der Waals surface area contributed by atoms with Gasteiger partial charge < -0.3 is 0 Å². The SMILES string of the molecule is CC(C)c1ccccc1N1C(=O)CON(C)C1=S. The van der Waals surface area contributed by atoms with Crippen molar-refractivity contribution in [1.29, 1.82) is 0 Å². The van der Waals surface area contributed by atoms with E-state index in [4.69, 9.17) is 17.1 Å². The van der Waals surface area contributed by atoms with Gasteiger partial charge in [-0.25, -0.2) is 5.06 Å². The standard InChI is InChI=1S/C13H16N2O2S/c1-9(2)10-6-4-5-7-11(10)15-12(16)8-17-14(3)13(15)18/h4-7,9H,8H2,1-3H3. The molecule has 1 aliphatic rings. The van der Waals surface area contributed by atoms with E-state index in [0.29, 0.717) is 11.0 Å². The van der Waals surface area contributed by atoms with Crippen LogP contribution in [-0.2, 0) is 9.63 Å². The van der Waals surface area contributed by atoms with Gasteiger partial charge in [0.25, 0.3) is 5.91 Å². The maximum atomic E-state index is 12.0. The van der Waals surface area contributed by atoms with Gasteiger partial charge in [-0.2, -0.15) is 0 Å². The lowest BCUT2D eigenvalue weighted by atomic mass is 10.0. The molecule has 18 heavy (non-hydrogen) atoms. The van der Waals surface area contributed by atoms with Gasteiger partial charge in [0.2, 0.25) is 5.11 Å². The van der Waals surface area contributed by atoms with Gasteiger partial charge in [0.1, 0.15) is 0 Å². The van der Waals surface area contributed by atoms with Crippen molar-refractivity contribution in [3.8, 4) is 0 Å². The van der Waals surface area contributed by atoms with Crippen LogP contribution in [-0.4, -0.2) is 29.7 Å². The van der Waals surface area contributed by atoms with Gasteiger partial charge >= 0.3 is 0 Å². The van der Waals surface area contributed by atoms with E-state index >= 15 is 0 Å². The largest absolute Gasteiger partial charge is 0.271 e. The lowest BCUT2D eigenvalue weighted by Gasteiger charge is -2.35. The Labute approximate surface area is 112 Å². The Hall–Kier alpha value is -1.46. The minimum absolute atomic E-state index is 0.0169. The van der Waals surface area contributed by atoms with Crippen molar-refractivity contribution in [3.63, 3.8) is 0 Å². The van der Waals surface area contributed by atoms with Gasteiger partial charge in [-0.3, -0.25) is 14.5 Å². The molecule has 1 saturated heterocycles. The van der Waals surface area contributed by atoms with Crippen LogP contribution < -0.4 is 4.90 Å². The minimum Gasteiger partial charge on any atom is -0.271 e. The van der Waals surface area contributed by atoms with E-state index < -0.39 is 0 Å². The molecular formula is C13H16N2O2S. The summed E-state index contributed by atoms with van der Waals surface area (Å²) < 4.78 is 0. The second kappa shape index (κ2) is 5.04. The van der Waals surface area contributed by atoms with Crippen LogP contribution in [0.5, 0.6) is 0 Å². The quantitative estimate of drug-likeness (QED) is 0.767. The fourth-order valence-electron chi connectivity index (χ4n) is 1.94. The Morgan fingerprint density at radius 1 is 1.33 bits per heavy atom. The molecule has 96 valence electrons. The van der Waals surface area contributed by atoms with Crippen LogP contribution in [0.1, 0.15) is 25.3 Å². The number of nitrogens with zero attached hydrogens (tertiary/aromatic N) is 2. The Balaban J connectivity index is 2.46. The summed E-state index contributed by atoms with van der Waals surface area (Å²) in [7, 11) is 1.71. The molecule has 4 nitrogen and oxygen atoms in total. The predicted octanol–water partition coefficient (Wildman–Crippen LogP) is 2.30. The summed E-state index contributed by atoms with van der Waals surface area (Å²) in [5.74, 6) is 0.191. The first-order chi connectivity index (χ1) is 8.52. The molecule has 1 heterocycles. The summed E-state index contributed by atoms with van der Waals surface area (Å²) >= 11 is 5.26. The smallest absolute Gasteiger partial charge is 0.262 e. The first-order valence-corrected chi connectivity index (χ1v) is 6.25. The lowest BCUT2D eigenvalue weighted by Crippen LogP contribution is -2.52. The first kappa shape index (κ1) is 13.0. The van der Waals surface area contributed by atoms with E-state index in [0.717, 1.165) is 11.3 Å². The van der Waals surface area contributed by atoms with Gasteiger partial charge in [-0.15, -0.1) is 0 Å². The summed E-state index contributed by atoms with van der Waals surface area (Å²) in [6.07, 6.45) is 0. The number of anilines is 1. The number of hydrogen-bond acceptors (Lipinski definition) is 3. The molecule has 1 amide bonds. The first-order valence-electron chi connectivity index (χ1n) is 5.85. The maximum Gasteiger partial charge on any atom is 0.262 e. The second-order valence-electron chi connectivity index (χ2n) is 4.50. The van der Waals surface area contributed by atoms with Crippen LogP contribution in [0.3, 0.4) is 0 Å². The number of carbonyl (C=O) groups excluding carboxylic acids is 1. The van der Waals surface area contributed by atoms with Gasteiger partial charge in [-0.1, -0.05) is 32.0 Å². The molecule has 0 saturated carbocycles. The van der Waals surface area contributed by atoms with E-state index in [1.165, 1.54) is 5.06 Å². The number of para-hydroxylation sites is 1. The molecule has 0 N–H and O–H groups in total. The Bertz CT molecular complexity index is 488. The van der Waals surface area contributed by atoms with Gasteiger partial charge in [-0.05, 0) is 29.8 Å². The number of carbonyl (C=O) groups is 1. The number of hydrogen-bond donors (Lipinski definition) is 0. The fraction of sp³-hybridized carbons (Fsp3) is 0.385. The topological polar surface area (TPSA) is 32.8 Å². The van der Waals surface area contributed by atoms with E-state index in [-0.39, 0.29) is 12.5 Å². The monoisotopic (exact) mass is 264 g/mol. The molecule has 0 radical (unpaired) electrons. The Morgan fingerprint density at radius 3 is 2.67 bits per heavy atom. The molecule has 1 aromatic rings. The lowest BCUT2D eigenvalue weighted by molar-refractivity contribution is -0.142. The third-order valence-electron chi connectivity index (χ3n) is 2.89. The molecule has 5 heteroatoms. The number of hydroxylamine groups is 2. The van der Waals surface area contributed by atoms with E-state index in [2.05, 4.69) is 13.8 Å². The normalized spacial score (nSPS) is 16.7. The molecule has 0 bridgehead atoms. The van der Waals surface area contributed by atoms with E-state index in [1.54, 1.807) is 11.9 Å². The van der Waals surface area contributed by atoms with E-state index in [1.807, 2.05) is 24.3 Å². The number of benzene rings is 1. The van der Waals surface area contributed by atoms with Crippen LogP contribution in [0.25, 0.3) is 0 Å². The summed E-state index contributed by atoms with van der Waals surface area (Å²) in [5.41, 5.74) is 1.95. The molecule has 0 atom stereocenters. The maximum absolute atomic E-state index is 12.0. The molecule has 1 fully saturated rings. The highest BCUT2D eigenvalue weighted by Gasteiger charge is 2.30. The fourth-order valence-corrected chi connectivity index (χ4v) is 2.19. The predicted molar refractivity (Wildman–Crippen MR) is 74.3 cm³/mol. The highest BCUT2D eigenvalue weighted by Crippen LogP contribution is 2.29. The van der Waals surface area contributed by atoms with Gasteiger partial charge in [0, 0.05) is 7.05 Å². The highest BCUT2D eigenvalue weighted by atomic mass is 32.1. The van der Waals surface area contributed by atoms with Crippen LogP contribution in [0.15, 0.2) is 24.3 Å². The van der Waals surface area contributed by atoms with E-state index in [9.17, 15) is 4.79 Å². The van der Waals surface area contributed by atoms with Crippen molar-refractivity contribution in [2.75, 3.05) is 18.6 Å². The van der Waals surface area contributed by atoms with Crippen LogP contribution >= 0.6 is 12.2 Å².